The van der Waals surface area contributed by atoms with Crippen LogP contribution in [0.15, 0.2) is 0 Å². The molecule has 112 valence electrons. The number of nitrogens with zero attached hydrogens (tertiary/aromatic N) is 2. The normalized spacial score (nSPS) is 17.9. The van der Waals surface area contributed by atoms with Gasteiger partial charge in [0.25, 0.3) is 0 Å². The maximum absolute atomic E-state index is 13.1. The quantitative estimate of drug-likeness (QED) is 0.926. The molecular formula is C13H18F3N3O. The van der Waals surface area contributed by atoms with Gasteiger partial charge in [0.15, 0.2) is 11.5 Å². The first-order chi connectivity index (χ1) is 9.31. The molecule has 2 rings (SSSR count). The lowest BCUT2D eigenvalue weighted by Gasteiger charge is -2.27. The van der Waals surface area contributed by atoms with E-state index in [1.165, 1.54) is 0 Å². The molecule has 7 heteroatoms. The van der Waals surface area contributed by atoms with Crippen LogP contribution in [-0.4, -0.2) is 16.6 Å². The molecule has 0 spiro atoms. The fourth-order valence-electron chi connectivity index (χ4n) is 2.28. The van der Waals surface area contributed by atoms with Crippen LogP contribution in [0.2, 0.25) is 0 Å². The second kappa shape index (κ2) is 5.29. The highest BCUT2D eigenvalue weighted by atomic mass is 19.4. The number of rotatable bonds is 4. The van der Waals surface area contributed by atoms with Crippen molar-refractivity contribution in [2.45, 2.75) is 52.1 Å². The van der Waals surface area contributed by atoms with E-state index in [1.54, 1.807) is 13.8 Å². The summed E-state index contributed by atoms with van der Waals surface area (Å²) in [6, 6.07) is 0. The second-order valence-electron chi connectivity index (χ2n) is 4.94. The molecule has 1 aliphatic heterocycles. The van der Waals surface area contributed by atoms with Gasteiger partial charge >= 0.3 is 6.18 Å². The van der Waals surface area contributed by atoms with E-state index in [2.05, 4.69) is 15.3 Å². The van der Waals surface area contributed by atoms with E-state index in [4.69, 9.17) is 4.74 Å². The van der Waals surface area contributed by atoms with Crippen LogP contribution in [0.5, 0.6) is 0 Å². The highest BCUT2D eigenvalue weighted by Crippen LogP contribution is 2.36. The van der Waals surface area contributed by atoms with Gasteiger partial charge in [0.05, 0.1) is 5.69 Å². The van der Waals surface area contributed by atoms with Crippen molar-refractivity contribution in [1.82, 2.24) is 15.3 Å². The predicted molar refractivity (Wildman–Crippen MR) is 66.8 cm³/mol. The van der Waals surface area contributed by atoms with Crippen molar-refractivity contribution < 1.29 is 17.9 Å². The van der Waals surface area contributed by atoms with Crippen molar-refractivity contribution in [3.05, 3.63) is 22.8 Å². The highest BCUT2D eigenvalue weighted by Gasteiger charge is 2.40. The molecule has 2 heterocycles. The molecule has 1 N–H and O–H groups in total. The van der Waals surface area contributed by atoms with E-state index in [0.29, 0.717) is 25.3 Å². The molecule has 0 fully saturated rings. The number of hydrogen-bond acceptors (Lipinski definition) is 4. The Morgan fingerprint density at radius 3 is 2.45 bits per heavy atom. The summed E-state index contributed by atoms with van der Waals surface area (Å²) in [5, 5.41) is 2.89. The largest absolute Gasteiger partial charge is 0.433 e. The van der Waals surface area contributed by atoms with Gasteiger partial charge in [-0.25, -0.2) is 9.97 Å². The molecule has 1 unspecified atom stereocenters. The van der Waals surface area contributed by atoms with Crippen LogP contribution < -0.4 is 5.32 Å². The van der Waals surface area contributed by atoms with Crippen LogP contribution >= 0.6 is 0 Å². The third kappa shape index (κ3) is 2.64. The zero-order valence-corrected chi connectivity index (χ0v) is 11.8. The van der Waals surface area contributed by atoms with Crippen LogP contribution in [-0.2, 0) is 29.6 Å². The highest BCUT2D eigenvalue weighted by molar-refractivity contribution is 5.32. The summed E-state index contributed by atoms with van der Waals surface area (Å²) in [6.45, 7) is 6.25. The van der Waals surface area contributed by atoms with Gasteiger partial charge in [-0.05, 0) is 20.3 Å². The van der Waals surface area contributed by atoms with Crippen molar-refractivity contribution in [2.24, 2.45) is 0 Å². The Morgan fingerprint density at radius 1 is 1.20 bits per heavy atom. The number of ether oxygens (including phenoxy) is 1. The van der Waals surface area contributed by atoms with Gasteiger partial charge in [0.1, 0.15) is 5.60 Å². The topological polar surface area (TPSA) is 47.0 Å². The molecule has 0 bridgehead atoms. The first kappa shape index (κ1) is 15.2. The lowest BCUT2D eigenvalue weighted by Crippen LogP contribution is -2.30. The molecule has 0 saturated carbocycles. The number of halogens is 3. The Morgan fingerprint density at radius 2 is 1.90 bits per heavy atom. The summed E-state index contributed by atoms with van der Waals surface area (Å²) < 4.78 is 45.0. The number of fused-ring (bicyclic) bond motifs is 1. The Kier molecular flexibility index (Phi) is 4.02. The third-order valence-corrected chi connectivity index (χ3v) is 3.57. The van der Waals surface area contributed by atoms with Crippen molar-refractivity contribution in [1.29, 1.82) is 0 Å². The van der Waals surface area contributed by atoms with Gasteiger partial charge in [-0.15, -0.1) is 0 Å². The van der Waals surface area contributed by atoms with Gasteiger partial charge in [-0.1, -0.05) is 6.92 Å². The van der Waals surface area contributed by atoms with Crippen molar-refractivity contribution in [3.63, 3.8) is 0 Å². The number of alkyl halides is 3. The summed E-state index contributed by atoms with van der Waals surface area (Å²) in [6.07, 6.45) is -3.97. The summed E-state index contributed by atoms with van der Waals surface area (Å²) in [4.78, 5) is 8.07. The monoisotopic (exact) mass is 289 g/mol. The fraction of sp³-hybridized carbons (Fsp3) is 0.692. The van der Waals surface area contributed by atoms with Crippen LogP contribution in [0, 0.1) is 0 Å². The molecule has 20 heavy (non-hydrogen) atoms. The average molecular weight is 289 g/mol. The van der Waals surface area contributed by atoms with E-state index in [9.17, 15) is 13.2 Å². The molecule has 1 aromatic rings. The Labute approximate surface area is 115 Å². The molecule has 0 radical (unpaired) electrons. The Balaban J connectivity index is 2.56. The van der Waals surface area contributed by atoms with E-state index >= 15 is 0 Å². The van der Waals surface area contributed by atoms with E-state index < -0.39 is 17.5 Å². The number of nitrogens with one attached hydrogen (secondary N) is 1. The SMILES string of the molecule is CCOC(C)(CC)c1nc2c(c(C(F)(F)F)n1)CNC2. The maximum atomic E-state index is 13.1. The standard InChI is InChI=1S/C13H18F3N3O/c1-4-12(3,20-5-2)11-18-9-7-17-6-8(9)10(19-11)13(14,15)16/h17H,4-7H2,1-3H3. The van der Waals surface area contributed by atoms with Gasteiger partial charge in [0.2, 0.25) is 0 Å². The summed E-state index contributed by atoms with van der Waals surface area (Å²) >= 11 is 0. The predicted octanol–water partition coefficient (Wildman–Crippen LogP) is 2.76. The van der Waals surface area contributed by atoms with E-state index in [1.807, 2.05) is 6.92 Å². The first-order valence-corrected chi connectivity index (χ1v) is 6.64. The fourth-order valence-corrected chi connectivity index (χ4v) is 2.28. The molecule has 0 amide bonds. The maximum Gasteiger partial charge on any atom is 0.433 e. The van der Waals surface area contributed by atoms with Crippen molar-refractivity contribution in [3.8, 4) is 0 Å². The molecule has 1 aromatic heterocycles. The third-order valence-electron chi connectivity index (χ3n) is 3.57. The number of aromatic nitrogens is 2. The molecule has 0 aliphatic carbocycles. The second-order valence-corrected chi connectivity index (χ2v) is 4.94. The number of hydrogen-bond donors (Lipinski definition) is 1. The van der Waals surface area contributed by atoms with Crippen LogP contribution in [0.25, 0.3) is 0 Å². The van der Waals surface area contributed by atoms with Crippen LogP contribution in [0.1, 0.15) is 50.0 Å². The molecule has 0 aromatic carbocycles. The zero-order chi connectivity index (χ0) is 15.0. The van der Waals surface area contributed by atoms with E-state index in [0.717, 1.165) is 0 Å². The minimum atomic E-state index is -4.48. The van der Waals surface area contributed by atoms with Gasteiger partial charge in [0, 0.05) is 25.3 Å². The smallest absolute Gasteiger partial charge is 0.368 e. The average Bonchev–Trinajstić information content (AvgIpc) is 2.84. The minimum Gasteiger partial charge on any atom is -0.368 e. The molecular weight excluding hydrogens is 271 g/mol. The van der Waals surface area contributed by atoms with Crippen LogP contribution in [0.3, 0.4) is 0 Å². The van der Waals surface area contributed by atoms with Crippen LogP contribution in [0.4, 0.5) is 13.2 Å². The summed E-state index contributed by atoms with van der Waals surface area (Å²) in [7, 11) is 0. The minimum absolute atomic E-state index is 0.108. The lowest BCUT2D eigenvalue weighted by molar-refractivity contribution is -0.142. The van der Waals surface area contributed by atoms with E-state index in [-0.39, 0.29) is 17.9 Å². The first-order valence-electron chi connectivity index (χ1n) is 6.64. The lowest BCUT2D eigenvalue weighted by atomic mass is 10.0. The zero-order valence-electron chi connectivity index (χ0n) is 11.8. The van der Waals surface area contributed by atoms with Gasteiger partial charge < -0.3 is 10.1 Å². The van der Waals surface area contributed by atoms with Gasteiger partial charge in [-0.3, -0.25) is 0 Å². The molecule has 0 saturated heterocycles. The molecule has 1 atom stereocenters. The van der Waals surface area contributed by atoms with Gasteiger partial charge in [-0.2, -0.15) is 13.2 Å². The summed E-state index contributed by atoms with van der Waals surface area (Å²) in [5.41, 5.74) is -1.17. The van der Waals surface area contributed by atoms with Crippen molar-refractivity contribution >= 4 is 0 Å². The Bertz CT molecular complexity index is 504. The Hall–Kier alpha value is -1.21. The molecule has 1 aliphatic rings. The molecule has 4 nitrogen and oxygen atoms in total. The summed E-state index contributed by atoms with van der Waals surface area (Å²) in [5.74, 6) is 0.108. The van der Waals surface area contributed by atoms with Crippen molar-refractivity contribution in [2.75, 3.05) is 6.61 Å².